The highest BCUT2D eigenvalue weighted by molar-refractivity contribution is 5.93. The molecule has 0 radical (unpaired) electrons. The van der Waals surface area contributed by atoms with Gasteiger partial charge in [0.25, 0.3) is 5.91 Å². The summed E-state index contributed by atoms with van der Waals surface area (Å²) in [5.74, 6) is -0.920. The molecule has 1 aromatic heterocycles. The third-order valence-corrected chi connectivity index (χ3v) is 5.13. The number of halogens is 1. The minimum absolute atomic E-state index is 0.107. The number of hydrogen-bond donors (Lipinski definition) is 4. The van der Waals surface area contributed by atoms with Crippen molar-refractivity contribution in [2.45, 2.75) is 0 Å². The van der Waals surface area contributed by atoms with E-state index in [1.54, 1.807) is 24.3 Å². The monoisotopic (exact) mass is 436 g/mol. The maximum absolute atomic E-state index is 14.1. The van der Waals surface area contributed by atoms with E-state index >= 15 is 0 Å². The molecule has 0 spiro atoms. The summed E-state index contributed by atoms with van der Waals surface area (Å²) in [5.41, 5.74) is 9.83. The van der Waals surface area contributed by atoms with Crippen LogP contribution in [0.2, 0.25) is 0 Å². The van der Waals surface area contributed by atoms with Gasteiger partial charge in [-0.2, -0.15) is 4.98 Å². The summed E-state index contributed by atoms with van der Waals surface area (Å²) in [4.78, 5) is 24.8. The highest BCUT2D eigenvalue weighted by Gasteiger charge is 2.14. The normalized spacial score (nSPS) is 14.1. The van der Waals surface area contributed by atoms with Crippen molar-refractivity contribution < 1.29 is 9.18 Å². The Morgan fingerprint density at radius 3 is 2.44 bits per heavy atom. The van der Waals surface area contributed by atoms with Gasteiger partial charge in [-0.1, -0.05) is 18.2 Å². The maximum Gasteiger partial charge on any atom is 0.266 e. The van der Waals surface area contributed by atoms with Crippen LogP contribution in [-0.4, -0.2) is 54.0 Å². The topological polar surface area (TPSA) is 97.5 Å². The molecule has 1 saturated heterocycles. The SMILES string of the molecule is CN1CCN(c2ccc(Nc3ncc(F)c(NNNC(=O)c4ccccc4)n3)cc2)CC1. The van der Waals surface area contributed by atoms with Crippen molar-refractivity contribution in [3.63, 3.8) is 0 Å². The molecule has 0 saturated carbocycles. The number of anilines is 4. The van der Waals surface area contributed by atoms with Crippen LogP contribution in [0.5, 0.6) is 0 Å². The van der Waals surface area contributed by atoms with E-state index < -0.39 is 5.82 Å². The zero-order valence-corrected chi connectivity index (χ0v) is 17.7. The number of benzene rings is 2. The molecule has 4 rings (SSSR count). The lowest BCUT2D eigenvalue weighted by molar-refractivity contribution is 0.0937. The van der Waals surface area contributed by atoms with Gasteiger partial charge in [-0.3, -0.25) is 15.6 Å². The van der Waals surface area contributed by atoms with Gasteiger partial charge in [-0.05, 0) is 43.4 Å². The first-order valence-electron chi connectivity index (χ1n) is 10.3. The molecule has 0 aliphatic carbocycles. The second-order valence-corrected chi connectivity index (χ2v) is 7.42. The number of carbonyl (C=O) groups excluding carboxylic acids is 1. The molecular formula is C22H25FN8O. The highest BCUT2D eigenvalue weighted by atomic mass is 19.1. The van der Waals surface area contributed by atoms with Crippen molar-refractivity contribution in [2.75, 3.05) is 48.9 Å². The fourth-order valence-electron chi connectivity index (χ4n) is 3.27. The summed E-state index contributed by atoms with van der Waals surface area (Å²) in [6.07, 6.45) is 1.05. The van der Waals surface area contributed by atoms with Crippen LogP contribution in [-0.2, 0) is 0 Å². The van der Waals surface area contributed by atoms with Crippen LogP contribution in [0.15, 0.2) is 60.8 Å². The first kappa shape index (κ1) is 21.5. The Morgan fingerprint density at radius 2 is 1.72 bits per heavy atom. The number of hydrogen-bond acceptors (Lipinski definition) is 8. The first-order chi connectivity index (χ1) is 15.6. The molecule has 166 valence electrons. The van der Waals surface area contributed by atoms with Crippen LogP contribution in [0.25, 0.3) is 0 Å². The predicted octanol–water partition coefficient (Wildman–Crippen LogP) is 2.37. The first-order valence-corrected chi connectivity index (χ1v) is 10.3. The van der Waals surface area contributed by atoms with Gasteiger partial charge in [-0.25, -0.2) is 9.37 Å². The van der Waals surface area contributed by atoms with Gasteiger partial charge in [-0.15, -0.1) is 5.53 Å². The van der Waals surface area contributed by atoms with Gasteiger partial charge in [0.2, 0.25) is 5.95 Å². The average molecular weight is 436 g/mol. The third kappa shape index (κ3) is 5.48. The second kappa shape index (κ2) is 10.0. The van der Waals surface area contributed by atoms with Crippen molar-refractivity contribution in [3.05, 3.63) is 72.2 Å². The lowest BCUT2D eigenvalue weighted by Gasteiger charge is -2.34. The van der Waals surface area contributed by atoms with Gasteiger partial charge in [0.15, 0.2) is 11.6 Å². The summed E-state index contributed by atoms with van der Waals surface area (Å²) in [5, 5.41) is 3.06. The van der Waals surface area contributed by atoms with Gasteiger partial charge in [0.1, 0.15) is 0 Å². The third-order valence-electron chi connectivity index (χ3n) is 5.13. The molecule has 4 N–H and O–H groups in total. The Hall–Kier alpha value is -3.76. The summed E-state index contributed by atoms with van der Waals surface area (Å²) < 4.78 is 14.1. The number of rotatable bonds is 7. The smallest absolute Gasteiger partial charge is 0.266 e. The van der Waals surface area contributed by atoms with Crippen LogP contribution < -0.4 is 26.6 Å². The van der Waals surface area contributed by atoms with Gasteiger partial charge >= 0.3 is 0 Å². The Kier molecular flexibility index (Phi) is 6.73. The van der Waals surface area contributed by atoms with Gasteiger partial charge < -0.3 is 15.1 Å². The van der Waals surface area contributed by atoms with Crippen LogP contribution in [0, 0.1) is 5.82 Å². The number of likely N-dealkylation sites (N-methyl/N-ethyl adjacent to an activating group) is 1. The predicted molar refractivity (Wildman–Crippen MR) is 122 cm³/mol. The Labute approximate surface area is 185 Å². The van der Waals surface area contributed by atoms with E-state index in [1.165, 1.54) is 0 Å². The largest absolute Gasteiger partial charge is 0.369 e. The standard InChI is InChI=1S/C22H25FN8O/c1-30-11-13-31(14-12-30)18-9-7-17(8-10-18)25-22-24-15-19(23)20(26-22)27-29-28-21(32)16-5-3-2-4-6-16/h2-10,15,29H,11-14H2,1H3,(H,28,32)(H2,24,25,26,27). The van der Waals surface area contributed by atoms with E-state index in [0.29, 0.717) is 5.56 Å². The zero-order chi connectivity index (χ0) is 22.3. The Balaban J connectivity index is 1.33. The highest BCUT2D eigenvalue weighted by Crippen LogP contribution is 2.21. The van der Waals surface area contributed by atoms with E-state index in [2.05, 4.69) is 48.5 Å². The van der Waals surface area contributed by atoms with E-state index in [1.807, 2.05) is 30.3 Å². The van der Waals surface area contributed by atoms with E-state index in [4.69, 9.17) is 0 Å². The van der Waals surface area contributed by atoms with Crippen molar-refractivity contribution in [3.8, 4) is 0 Å². The van der Waals surface area contributed by atoms with Crippen molar-refractivity contribution in [1.82, 2.24) is 25.8 Å². The lowest BCUT2D eigenvalue weighted by Crippen LogP contribution is -2.44. The number of carbonyl (C=O) groups is 1. The van der Waals surface area contributed by atoms with Crippen molar-refractivity contribution >= 4 is 29.0 Å². The summed E-state index contributed by atoms with van der Waals surface area (Å²) in [6, 6.07) is 16.6. The average Bonchev–Trinajstić information content (AvgIpc) is 2.82. The van der Waals surface area contributed by atoms with Crippen LogP contribution in [0.4, 0.5) is 27.5 Å². The number of piperazine rings is 1. The van der Waals surface area contributed by atoms with E-state index in [0.717, 1.165) is 43.8 Å². The number of hydrazine groups is 2. The van der Waals surface area contributed by atoms with Gasteiger partial charge in [0.05, 0.1) is 6.20 Å². The molecule has 1 aliphatic heterocycles. The maximum atomic E-state index is 14.1. The molecule has 9 nitrogen and oxygen atoms in total. The molecule has 1 aliphatic rings. The van der Waals surface area contributed by atoms with Crippen molar-refractivity contribution in [1.29, 1.82) is 0 Å². The fraction of sp³-hybridized carbons (Fsp3) is 0.227. The summed E-state index contributed by atoms with van der Waals surface area (Å²) >= 11 is 0. The molecule has 2 aromatic carbocycles. The van der Waals surface area contributed by atoms with Crippen LogP contribution >= 0.6 is 0 Å². The Bertz CT molecular complexity index is 1040. The lowest BCUT2D eigenvalue weighted by atomic mass is 10.2. The Morgan fingerprint density at radius 1 is 1.00 bits per heavy atom. The minimum Gasteiger partial charge on any atom is -0.369 e. The second-order valence-electron chi connectivity index (χ2n) is 7.42. The molecule has 32 heavy (non-hydrogen) atoms. The molecular weight excluding hydrogens is 411 g/mol. The molecule has 0 atom stereocenters. The number of nitrogens with one attached hydrogen (secondary N) is 4. The number of nitrogens with zero attached hydrogens (tertiary/aromatic N) is 4. The molecule has 3 aromatic rings. The zero-order valence-electron chi connectivity index (χ0n) is 17.7. The van der Waals surface area contributed by atoms with Gasteiger partial charge in [0, 0.05) is 43.1 Å². The number of amides is 1. The van der Waals surface area contributed by atoms with Crippen molar-refractivity contribution in [2.24, 2.45) is 0 Å². The molecule has 0 unspecified atom stereocenters. The molecule has 0 bridgehead atoms. The van der Waals surface area contributed by atoms with Crippen LogP contribution in [0.3, 0.4) is 0 Å². The van der Waals surface area contributed by atoms with E-state index in [9.17, 15) is 9.18 Å². The van der Waals surface area contributed by atoms with Crippen LogP contribution in [0.1, 0.15) is 10.4 Å². The fourth-order valence-corrected chi connectivity index (χ4v) is 3.27. The number of aromatic nitrogens is 2. The summed E-state index contributed by atoms with van der Waals surface area (Å²) in [6.45, 7) is 4.07. The molecule has 1 fully saturated rings. The molecule has 2 heterocycles. The summed E-state index contributed by atoms with van der Waals surface area (Å²) in [7, 11) is 2.13. The quantitative estimate of drug-likeness (QED) is 0.419. The molecule has 1 amide bonds. The minimum atomic E-state index is -0.664. The van der Waals surface area contributed by atoms with E-state index in [-0.39, 0.29) is 17.7 Å². The molecule has 10 heteroatoms.